The summed E-state index contributed by atoms with van der Waals surface area (Å²) in [7, 11) is 0. The van der Waals surface area contributed by atoms with Crippen LogP contribution < -0.4 is 0 Å². The van der Waals surface area contributed by atoms with Gasteiger partial charge in [0, 0.05) is 13.1 Å². The zero-order valence-corrected chi connectivity index (χ0v) is 9.06. The molecule has 1 heterocycles. The van der Waals surface area contributed by atoms with Crippen molar-refractivity contribution < 1.29 is 4.74 Å². The maximum atomic E-state index is 9.27. The molecule has 2 aliphatic rings. The number of nitriles is 1. The summed E-state index contributed by atoms with van der Waals surface area (Å²) in [6, 6.07) is 2.57. The molecule has 0 amide bonds. The lowest BCUT2D eigenvalue weighted by atomic mass is 9.87. The topological polar surface area (TPSA) is 36.3 Å². The number of morpholine rings is 1. The van der Waals surface area contributed by atoms with Crippen LogP contribution in [0.15, 0.2) is 12.2 Å². The van der Waals surface area contributed by atoms with Crippen LogP contribution in [-0.2, 0) is 4.74 Å². The van der Waals surface area contributed by atoms with Crippen LogP contribution in [0.5, 0.6) is 0 Å². The molecule has 2 atom stereocenters. The molecule has 0 saturated carbocycles. The minimum absolute atomic E-state index is 0.0962. The summed E-state index contributed by atoms with van der Waals surface area (Å²) in [4.78, 5) is 2.29. The van der Waals surface area contributed by atoms with Gasteiger partial charge < -0.3 is 4.74 Å². The molecule has 1 aliphatic heterocycles. The second-order valence-corrected chi connectivity index (χ2v) is 4.27. The van der Waals surface area contributed by atoms with E-state index in [4.69, 9.17) is 4.74 Å². The van der Waals surface area contributed by atoms with E-state index in [9.17, 15) is 5.26 Å². The molecule has 3 nitrogen and oxygen atoms in total. The molecule has 0 aromatic carbocycles. The predicted molar refractivity (Wildman–Crippen MR) is 58.3 cm³/mol. The molecule has 82 valence electrons. The Labute approximate surface area is 91.3 Å². The molecule has 0 aromatic rings. The van der Waals surface area contributed by atoms with Gasteiger partial charge in [-0.3, -0.25) is 4.90 Å². The van der Waals surface area contributed by atoms with Crippen molar-refractivity contribution in [3.8, 4) is 6.07 Å². The lowest BCUT2D eigenvalue weighted by Gasteiger charge is -2.35. The van der Waals surface area contributed by atoms with E-state index in [0.29, 0.717) is 5.92 Å². The normalized spacial score (nSPS) is 29.7. The van der Waals surface area contributed by atoms with Gasteiger partial charge in [0.25, 0.3) is 0 Å². The van der Waals surface area contributed by atoms with E-state index in [1.807, 2.05) is 0 Å². The van der Waals surface area contributed by atoms with Crippen LogP contribution >= 0.6 is 0 Å². The van der Waals surface area contributed by atoms with Gasteiger partial charge in [-0.25, -0.2) is 0 Å². The van der Waals surface area contributed by atoms with Gasteiger partial charge in [0.1, 0.15) is 6.04 Å². The van der Waals surface area contributed by atoms with E-state index in [1.54, 1.807) is 0 Å². The highest BCUT2D eigenvalue weighted by molar-refractivity contribution is 5.02. The van der Waals surface area contributed by atoms with Gasteiger partial charge in [-0.1, -0.05) is 12.2 Å². The van der Waals surface area contributed by atoms with Crippen molar-refractivity contribution in [2.24, 2.45) is 5.92 Å². The van der Waals surface area contributed by atoms with Gasteiger partial charge >= 0.3 is 0 Å². The summed E-state index contributed by atoms with van der Waals surface area (Å²) in [6.07, 6.45) is 7.80. The number of rotatable bonds is 2. The molecule has 1 aliphatic carbocycles. The van der Waals surface area contributed by atoms with Gasteiger partial charge in [-0.05, 0) is 25.2 Å². The monoisotopic (exact) mass is 206 g/mol. The number of nitrogens with zero attached hydrogens (tertiary/aromatic N) is 2. The minimum atomic E-state index is 0.0962. The zero-order chi connectivity index (χ0) is 10.5. The fourth-order valence-corrected chi connectivity index (χ4v) is 2.44. The second kappa shape index (κ2) is 5.29. The van der Waals surface area contributed by atoms with Crippen LogP contribution in [-0.4, -0.2) is 37.2 Å². The molecule has 0 aromatic heterocycles. The van der Waals surface area contributed by atoms with Crippen molar-refractivity contribution >= 4 is 0 Å². The Kier molecular flexibility index (Phi) is 3.76. The van der Waals surface area contributed by atoms with Crippen LogP contribution in [0.25, 0.3) is 0 Å². The fourth-order valence-electron chi connectivity index (χ4n) is 2.44. The van der Waals surface area contributed by atoms with Crippen LogP contribution in [0.2, 0.25) is 0 Å². The Morgan fingerprint density at radius 1 is 1.33 bits per heavy atom. The van der Waals surface area contributed by atoms with Crippen LogP contribution in [0.3, 0.4) is 0 Å². The molecule has 1 saturated heterocycles. The molecule has 0 radical (unpaired) electrons. The predicted octanol–water partition coefficient (Wildman–Crippen LogP) is 1.57. The first kappa shape index (κ1) is 10.7. The van der Waals surface area contributed by atoms with Crippen LogP contribution in [0.1, 0.15) is 19.3 Å². The van der Waals surface area contributed by atoms with E-state index in [1.165, 1.54) is 0 Å². The molecule has 2 rings (SSSR count). The third-order valence-corrected chi connectivity index (χ3v) is 3.33. The summed E-state index contributed by atoms with van der Waals surface area (Å²) in [5.41, 5.74) is 0. The van der Waals surface area contributed by atoms with Crippen molar-refractivity contribution in [3.63, 3.8) is 0 Å². The summed E-state index contributed by atoms with van der Waals surface area (Å²) in [6.45, 7) is 3.39. The molecule has 0 N–H and O–H groups in total. The molecular weight excluding hydrogens is 188 g/mol. The van der Waals surface area contributed by atoms with Gasteiger partial charge in [0.2, 0.25) is 0 Å². The van der Waals surface area contributed by atoms with Crippen molar-refractivity contribution in [3.05, 3.63) is 12.2 Å². The molecule has 0 bridgehead atoms. The van der Waals surface area contributed by atoms with Crippen molar-refractivity contribution in [2.75, 3.05) is 26.3 Å². The van der Waals surface area contributed by atoms with E-state index >= 15 is 0 Å². The maximum absolute atomic E-state index is 9.27. The lowest BCUT2D eigenvalue weighted by Crippen LogP contribution is -2.46. The molecule has 0 unspecified atom stereocenters. The Hall–Kier alpha value is -0.850. The highest BCUT2D eigenvalue weighted by Gasteiger charge is 2.28. The van der Waals surface area contributed by atoms with Gasteiger partial charge in [-0.2, -0.15) is 5.26 Å². The summed E-state index contributed by atoms with van der Waals surface area (Å²) in [5.74, 6) is 0.526. The Morgan fingerprint density at radius 3 is 2.73 bits per heavy atom. The first-order valence-electron chi connectivity index (χ1n) is 5.78. The molecule has 15 heavy (non-hydrogen) atoms. The number of ether oxygens (including phenoxy) is 1. The molecule has 1 fully saturated rings. The SMILES string of the molecule is N#C[C@H]([C@@H]1CC=CCC1)N1CCOCC1. The minimum Gasteiger partial charge on any atom is -0.379 e. The van der Waals surface area contributed by atoms with Gasteiger partial charge in [-0.15, -0.1) is 0 Å². The zero-order valence-electron chi connectivity index (χ0n) is 9.06. The van der Waals surface area contributed by atoms with Gasteiger partial charge in [0.15, 0.2) is 0 Å². The van der Waals surface area contributed by atoms with E-state index in [-0.39, 0.29) is 6.04 Å². The first-order valence-corrected chi connectivity index (χ1v) is 5.78. The quantitative estimate of drug-likeness (QED) is 0.643. The lowest BCUT2D eigenvalue weighted by molar-refractivity contribution is 0.0150. The second-order valence-electron chi connectivity index (χ2n) is 4.27. The van der Waals surface area contributed by atoms with E-state index < -0.39 is 0 Å². The standard InChI is InChI=1S/C12H18N2O/c13-10-12(11-4-2-1-3-5-11)14-6-8-15-9-7-14/h1-2,11-12H,3-9H2/t11-,12-/m1/s1. The average molecular weight is 206 g/mol. The Bertz CT molecular complexity index is 263. The summed E-state index contributed by atoms with van der Waals surface area (Å²) >= 11 is 0. The average Bonchev–Trinajstić information content (AvgIpc) is 2.33. The molecular formula is C12H18N2O. The Balaban J connectivity index is 1.96. The summed E-state index contributed by atoms with van der Waals surface area (Å²) < 4.78 is 5.32. The molecule has 3 heteroatoms. The Morgan fingerprint density at radius 2 is 2.13 bits per heavy atom. The largest absolute Gasteiger partial charge is 0.379 e. The third kappa shape index (κ3) is 2.58. The highest BCUT2D eigenvalue weighted by atomic mass is 16.5. The number of hydrogen-bond acceptors (Lipinski definition) is 3. The number of hydrogen-bond donors (Lipinski definition) is 0. The highest BCUT2D eigenvalue weighted by Crippen LogP contribution is 2.25. The van der Waals surface area contributed by atoms with Crippen LogP contribution in [0.4, 0.5) is 0 Å². The maximum Gasteiger partial charge on any atom is 0.101 e. The molecule has 0 spiro atoms. The first-order chi connectivity index (χ1) is 7.42. The van der Waals surface area contributed by atoms with E-state index in [0.717, 1.165) is 45.6 Å². The van der Waals surface area contributed by atoms with Crippen LogP contribution in [0, 0.1) is 17.2 Å². The smallest absolute Gasteiger partial charge is 0.101 e. The summed E-state index contributed by atoms with van der Waals surface area (Å²) in [5, 5.41) is 9.27. The van der Waals surface area contributed by atoms with Crippen molar-refractivity contribution in [2.45, 2.75) is 25.3 Å². The fraction of sp³-hybridized carbons (Fsp3) is 0.750. The van der Waals surface area contributed by atoms with E-state index in [2.05, 4.69) is 23.1 Å². The third-order valence-electron chi connectivity index (χ3n) is 3.33. The van der Waals surface area contributed by atoms with Crippen molar-refractivity contribution in [1.29, 1.82) is 5.26 Å². The van der Waals surface area contributed by atoms with Crippen molar-refractivity contribution in [1.82, 2.24) is 4.90 Å². The van der Waals surface area contributed by atoms with Gasteiger partial charge in [0.05, 0.1) is 19.3 Å². The number of allylic oxidation sites excluding steroid dienone is 2.